The van der Waals surface area contributed by atoms with Crippen LogP contribution in [0.1, 0.15) is 22.3 Å². The fourth-order valence-electron chi connectivity index (χ4n) is 9.68. The van der Waals surface area contributed by atoms with Crippen LogP contribution in [-0.4, -0.2) is 0 Å². The summed E-state index contributed by atoms with van der Waals surface area (Å²) in [5.74, 6) is 0. The first-order chi connectivity index (χ1) is 27.3. The first-order valence-electron chi connectivity index (χ1n) is 19.2. The molecule has 9 aromatic carbocycles. The fraction of sp³-hybridized carbons (Fsp3) is 0.0182. The van der Waals surface area contributed by atoms with E-state index >= 15 is 0 Å². The van der Waals surface area contributed by atoms with Gasteiger partial charge in [0.05, 0.1) is 5.41 Å². The molecule has 0 nitrogen and oxygen atoms in total. The lowest BCUT2D eigenvalue weighted by Gasteiger charge is -2.30. The smallest absolute Gasteiger partial charge is 0.0622 e. The monoisotopic (exact) mass is 696 g/mol. The molecule has 0 fully saturated rings. The van der Waals surface area contributed by atoms with Crippen molar-refractivity contribution in [2.75, 3.05) is 0 Å². The molecule has 0 heteroatoms. The van der Waals surface area contributed by atoms with Crippen LogP contribution in [0.15, 0.2) is 218 Å². The summed E-state index contributed by atoms with van der Waals surface area (Å²) in [6, 6.07) is 80.8. The SMILES string of the molecule is c1ccc(-c2cccc(-c3cccc(-c4cccc5c4-c4ccccc4C54c5ccccc5-c5ccccc54)c3-c3cccc(-c4ccccc4)c3)c2)cc1. The van der Waals surface area contributed by atoms with Gasteiger partial charge >= 0.3 is 0 Å². The van der Waals surface area contributed by atoms with Crippen LogP contribution in [-0.2, 0) is 5.41 Å². The molecule has 2 aliphatic rings. The molecule has 0 atom stereocenters. The minimum absolute atomic E-state index is 0.399. The van der Waals surface area contributed by atoms with E-state index in [9.17, 15) is 0 Å². The number of hydrogen-bond donors (Lipinski definition) is 0. The third kappa shape index (κ3) is 4.72. The Balaban J connectivity index is 1.21. The van der Waals surface area contributed by atoms with Gasteiger partial charge in [0, 0.05) is 0 Å². The maximum absolute atomic E-state index is 2.39. The Morgan fingerprint density at radius 3 is 1.18 bits per heavy atom. The Kier molecular flexibility index (Phi) is 7.19. The standard InChI is InChI=1S/C55H36/c1-3-17-37(18-4-1)39-21-13-23-41(35-39)43-28-15-29-46(53(43)42-24-14-22-40(36-42)38-19-5-2-6-20-38)47-30-16-34-52-54(47)48-27-9-12-33-51(48)55(52)49-31-10-7-25-44(49)45-26-8-11-32-50(45)55/h1-36H. The molecule has 11 rings (SSSR count). The summed E-state index contributed by atoms with van der Waals surface area (Å²) in [7, 11) is 0. The van der Waals surface area contributed by atoms with Crippen LogP contribution in [0.3, 0.4) is 0 Å². The molecular weight excluding hydrogens is 661 g/mol. The third-order valence-electron chi connectivity index (χ3n) is 11.9. The van der Waals surface area contributed by atoms with Gasteiger partial charge < -0.3 is 0 Å². The van der Waals surface area contributed by atoms with Crippen molar-refractivity contribution in [3.05, 3.63) is 241 Å². The van der Waals surface area contributed by atoms with E-state index in [1.54, 1.807) is 0 Å². The van der Waals surface area contributed by atoms with Crippen molar-refractivity contribution in [3.8, 4) is 77.9 Å². The minimum Gasteiger partial charge on any atom is -0.0622 e. The first-order valence-corrected chi connectivity index (χ1v) is 19.2. The summed E-state index contributed by atoms with van der Waals surface area (Å²) < 4.78 is 0. The molecule has 0 amide bonds. The van der Waals surface area contributed by atoms with E-state index in [0.29, 0.717) is 0 Å². The molecule has 2 aliphatic carbocycles. The molecule has 0 aliphatic heterocycles. The molecule has 0 radical (unpaired) electrons. The van der Waals surface area contributed by atoms with Crippen LogP contribution in [0, 0.1) is 0 Å². The number of rotatable bonds is 5. The van der Waals surface area contributed by atoms with Gasteiger partial charge in [0.25, 0.3) is 0 Å². The van der Waals surface area contributed by atoms with Crippen LogP contribution >= 0.6 is 0 Å². The van der Waals surface area contributed by atoms with Crippen molar-refractivity contribution < 1.29 is 0 Å². The van der Waals surface area contributed by atoms with Gasteiger partial charge in [-0.25, -0.2) is 0 Å². The molecule has 0 saturated carbocycles. The lowest BCUT2D eigenvalue weighted by atomic mass is 9.70. The van der Waals surface area contributed by atoms with Crippen LogP contribution in [0.2, 0.25) is 0 Å². The van der Waals surface area contributed by atoms with E-state index in [4.69, 9.17) is 0 Å². The minimum atomic E-state index is -0.399. The number of fused-ring (bicyclic) bond motifs is 10. The van der Waals surface area contributed by atoms with E-state index in [1.807, 2.05) is 0 Å². The number of benzene rings is 9. The van der Waals surface area contributed by atoms with Crippen molar-refractivity contribution in [1.29, 1.82) is 0 Å². The maximum atomic E-state index is 2.39. The molecule has 0 unspecified atom stereocenters. The highest BCUT2D eigenvalue weighted by Crippen LogP contribution is 2.64. The molecule has 0 bridgehead atoms. The molecule has 55 heavy (non-hydrogen) atoms. The van der Waals surface area contributed by atoms with Crippen LogP contribution < -0.4 is 0 Å². The highest BCUT2D eigenvalue weighted by atomic mass is 14.5. The predicted octanol–water partition coefficient (Wildman–Crippen LogP) is 14.4. The average molecular weight is 697 g/mol. The molecule has 0 heterocycles. The van der Waals surface area contributed by atoms with E-state index in [-0.39, 0.29) is 0 Å². The molecule has 0 aromatic heterocycles. The Morgan fingerprint density at radius 2 is 0.564 bits per heavy atom. The van der Waals surface area contributed by atoms with Crippen molar-refractivity contribution in [1.82, 2.24) is 0 Å². The molecule has 9 aromatic rings. The summed E-state index contributed by atoms with van der Waals surface area (Å²) in [6.45, 7) is 0. The third-order valence-corrected chi connectivity index (χ3v) is 11.9. The summed E-state index contributed by atoms with van der Waals surface area (Å²) in [4.78, 5) is 0. The zero-order valence-electron chi connectivity index (χ0n) is 30.3. The second-order valence-electron chi connectivity index (χ2n) is 14.7. The Morgan fingerprint density at radius 1 is 0.200 bits per heavy atom. The van der Waals surface area contributed by atoms with Crippen molar-refractivity contribution in [2.45, 2.75) is 5.41 Å². The van der Waals surface area contributed by atoms with Gasteiger partial charge in [-0.1, -0.05) is 206 Å². The normalized spacial score (nSPS) is 12.9. The molecular formula is C55H36. The summed E-state index contributed by atoms with van der Waals surface area (Å²) in [6.07, 6.45) is 0. The van der Waals surface area contributed by atoms with Crippen molar-refractivity contribution >= 4 is 0 Å². The quantitative estimate of drug-likeness (QED) is 0.168. The van der Waals surface area contributed by atoms with Gasteiger partial charge in [-0.2, -0.15) is 0 Å². The van der Waals surface area contributed by atoms with Crippen molar-refractivity contribution in [3.63, 3.8) is 0 Å². The van der Waals surface area contributed by atoms with Crippen molar-refractivity contribution in [2.24, 2.45) is 0 Å². The van der Waals surface area contributed by atoms with Crippen LogP contribution in [0.25, 0.3) is 77.9 Å². The Bertz CT molecular complexity index is 2870. The van der Waals surface area contributed by atoms with E-state index in [1.165, 1.54) is 100 Å². The van der Waals surface area contributed by atoms with Gasteiger partial charge in [0.15, 0.2) is 0 Å². The maximum Gasteiger partial charge on any atom is 0.0725 e. The number of hydrogen-bond acceptors (Lipinski definition) is 0. The lowest BCUT2D eigenvalue weighted by Crippen LogP contribution is -2.25. The van der Waals surface area contributed by atoms with Crippen LogP contribution in [0.4, 0.5) is 0 Å². The Hall–Kier alpha value is -7.02. The highest BCUT2D eigenvalue weighted by molar-refractivity contribution is 6.04. The molecule has 1 spiro atoms. The van der Waals surface area contributed by atoms with E-state index < -0.39 is 5.41 Å². The van der Waals surface area contributed by atoms with Gasteiger partial charge in [-0.3, -0.25) is 0 Å². The predicted molar refractivity (Wildman–Crippen MR) is 230 cm³/mol. The largest absolute Gasteiger partial charge is 0.0725 e. The molecule has 0 saturated heterocycles. The average Bonchev–Trinajstić information content (AvgIpc) is 3.74. The van der Waals surface area contributed by atoms with E-state index in [0.717, 1.165) is 0 Å². The molecule has 0 N–H and O–H groups in total. The summed E-state index contributed by atoms with van der Waals surface area (Å²) in [5, 5.41) is 0. The fourth-order valence-corrected chi connectivity index (χ4v) is 9.68. The van der Waals surface area contributed by atoms with Crippen LogP contribution in [0.5, 0.6) is 0 Å². The van der Waals surface area contributed by atoms with Gasteiger partial charge in [-0.15, -0.1) is 0 Å². The van der Waals surface area contributed by atoms with E-state index in [2.05, 4.69) is 218 Å². The Labute approximate surface area is 322 Å². The second kappa shape index (κ2) is 12.5. The summed E-state index contributed by atoms with van der Waals surface area (Å²) >= 11 is 0. The zero-order valence-corrected chi connectivity index (χ0v) is 30.3. The first kappa shape index (κ1) is 31.5. The second-order valence-corrected chi connectivity index (χ2v) is 14.7. The highest BCUT2D eigenvalue weighted by Gasteiger charge is 2.52. The topological polar surface area (TPSA) is 0 Å². The zero-order chi connectivity index (χ0) is 36.3. The van der Waals surface area contributed by atoms with Gasteiger partial charge in [-0.05, 0) is 112 Å². The molecule has 256 valence electrons. The lowest BCUT2D eigenvalue weighted by molar-refractivity contribution is 0.794. The summed E-state index contributed by atoms with van der Waals surface area (Å²) in [5.41, 5.74) is 22.5. The van der Waals surface area contributed by atoms with Gasteiger partial charge in [0.1, 0.15) is 0 Å². The van der Waals surface area contributed by atoms with Gasteiger partial charge in [0.2, 0.25) is 0 Å².